The van der Waals surface area contributed by atoms with E-state index in [-0.39, 0.29) is 0 Å². The number of benzene rings is 1. The Morgan fingerprint density at radius 3 is 2.93 bits per heavy atom. The Kier molecular flexibility index (Phi) is 4.37. The molecule has 80 valence electrons. The number of anilines is 1. The Morgan fingerprint density at radius 1 is 1.60 bits per heavy atom. The molecule has 3 nitrogen and oxygen atoms in total. The van der Waals surface area contributed by atoms with E-state index >= 15 is 0 Å². The fourth-order valence-corrected chi connectivity index (χ4v) is 1.52. The molecule has 0 aliphatic carbocycles. The topological polar surface area (TPSA) is 40.5 Å². The van der Waals surface area contributed by atoms with Crippen molar-refractivity contribution in [2.45, 2.75) is 0 Å². The molecule has 4 heteroatoms. The summed E-state index contributed by atoms with van der Waals surface area (Å²) < 4.78 is 1.01. The van der Waals surface area contributed by atoms with E-state index in [0.29, 0.717) is 6.54 Å². The fourth-order valence-electron chi connectivity index (χ4n) is 1.13. The molecule has 0 unspecified atom stereocenters. The Bertz CT molecular complexity index is 377. The van der Waals surface area contributed by atoms with Gasteiger partial charge >= 0.3 is 5.97 Å². The zero-order chi connectivity index (χ0) is 11.3. The third kappa shape index (κ3) is 4.16. The van der Waals surface area contributed by atoms with Crippen LogP contribution in [-0.4, -0.2) is 24.7 Å². The van der Waals surface area contributed by atoms with Gasteiger partial charge in [0.25, 0.3) is 0 Å². The van der Waals surface area contributed by atoms with Crippen LogP contribution >= 0.6 is 15.9 Å². The second-order valence-electron chi connectivity index (χ2n) is 3.10. The van der Waals surface area contributed by atoms with Crippen LogP contribution in [0.3, 0.4) is 0 Å². The highest BCUT2D eigenvalue weighted by Gasteiger charge is 1.98. The number of aliphatic carboxylic acids is 1. The maximum atomic E-state index is 10.3. The highest BCUT2D eigenvalue weighted by atomic mass is 79.9. The molecule has 0 spiro atoms. The van der Waals surface area contributed by atoms with Crippen molar-refractivity contribution in [2.75, 3.05) is 18.5 Å². The van der Waals surface area contributed by atoms with Gasteiger partial charge in [-0.15, -0.1) is 0 Å². The normalized spacial score (nSPS) is 10.5. The van der Waals surface area contributed by atoms with Crippen molar-refractivity contribution in [3.05, 3.63) is 40.9 Å². The zero-order valence-electron chi connectivity index (χ0n) is 8.35. The number of hydrogen-bond donors (Lipinski definition) is 1. The summed E-state index contributed by atoms with van der Waals surface area (Å²) in [5.74, 6) is -0.919. The lowest BCUT2D eigenvalue weighted by Gasteiger charge is -2.17. The standard InChI is InChI=1S/C11H12BrNO2/c1-13(7-3-6-11(14)15)10-5-2-4-9(12)8-10/h2-6,8H,7H2,1H3,(H,14,15)/b6-3+. The average molecular weight is 270 g/mol. The number of carboxylic acid groups (broad SMARTS) is 1. The lowest BCUT2D eigenvalue weighted by Crippen LogP contribution is -2.16. The highest BCUT2D eigenvalue weighted by molar-refractivity contribution is 9.10. The van der Waals surface area contributed by atoms with Crippen molar-refractivity contribution in [1.29, 1.82) is 0 Å². The van der Waals surface area contributed by atoms with Gasteiger partial charge in [-0.25, -0.2) is 4.79 Å². The van der Waals surface area contributed by atoms with E-state index in [4.69, 9.17) is 5.11 Å². The van der Waals surface area contributed by atoms with Crippen molar-refractivity contribution in [3.63, 3.8) is 0 Å². The van der Waals surface area contributed by atoms with Gasteiger partial charge in [0.15, 0.2) is 0 Å². The second kappa shape index (κ2) is 5.56. The summed E-state index contributed by atoms with van der Waals surface area (Å²) in [5.41, 5.74) is 1.04. The Balaban J connectivity index is 2.61. The predicted octanol–water partition coefficient (Wildman–Crippen LogP) is 2.53. The molecule has 1 aromatic carbocycles. The summed E-state index contributed by atoms with van der Waals surface area (Å²) in [6, 6.07) is 7.84. The molecular formula is C11H12BrNO2. The first-order valence-corrected chi connectivity index (χ1v) is 5.25. The molecule has 1 N–H and O–H groups in total. The van der Waals surface area contributed by atoms with E-state index < -0.39 is 5.97 Å². The van der Waals surface area contributed by atoms with Gasteiger partial charge in [0.05, 0.1) is 0 Å². The fraction of sp³-hybridized carbons (Fsp3) is 0.182. The van der Waals surface area contributed by atoms with Crippen LogP contribution in [0.25, 0.3) is 0 Å². The van der Waals surface area contributed by atoms with Gasteiger partial charge in [-0.05, 0) is 18.2 Å². The second-order valence-corrected chi connectivity index (χ2v) is 4.02. The van der Waals surface area contributed by atoms with Crippen LogP contribution < -0.4 is 4.90 Å². The molecule has 0 saturated carbocycles. The van der Waals surface area contributed by atoms with Crippen molar-refractivity contribution >= 4 is 27.6 Å². The van der Waals surface area contributed by atoms with Crippen LogP contribution in [0.1, 0.15) is 0 Å². The molecule has 0 aromatic heterocycles. The molecular weight excluding hydrogens is 258 g/mol. The van der Waals surface area contributed by atoms with Gasteiger partial charge in [0, 0.05) is 29.8 Å². The Labute approximate surface area is 97.1 Å². The summed E-state index contributed by atoms with van der Waals surface area (Å²) >= 11 is 3.38. The largest absolute Gasteiger partial charge is 0.478 e. The minimum absolute atomic E-state index is 0.572. The molecule has 1 aromatic rings. The van der Waals surface area contributed by atoms with Gasteiger partial charge in [-0.2, -0.15) is 0 Å². The van der Waals surface area contributed by atoms with Gasteiger partial charge in [-0.3, -0.25) is 0 Å². The van der Waals surface area contributed by atoms with Gasteiger partial charge < -0.3 is 10.0 Å². The van der Waals surface area contributed by atoms with Gasteiger partial charge in [0.2, 0.25) is 0 Å². The minimum Gasteiger partial charge on any atom is -0.478 e. The van der Waals surface area contributed by atoms with E-state index in [2.05, 4.69) is 15.9 Å². The van der Waals surface area contributed by atoms with E-state index in [1.165, 1.54) is 0 Å². The quantitative estimate of drug-likeness (QED) is 0.855. The number of nitrogens with zero attached hydrogens (tertiary/aromatic N) is 1. The Hall–Kier alpha value is -1.29. The van der Waals surface area contributed by atoms with Crippen LogP contribution in [0.15, 0.2) is 40.9 Å². The molecule has 15 heavy (non-hydrogen) atoms. The minimum atomic E-state index is -0.919. The summed E-state index contributed by atoms with van der Waals surface area (Å²) in [5, 5.41) is 8.43. The third-order valence-electron chi connectivity index (χ3n) is 1.89. The van der Waals surface area contributed by atoms with Crippen molar-refractivity contribution in [3.8, 4) is 0 Å². The van der Waals surface area contributed by atoms with E-state index in [0.717, 1.165) is 16.2 Å². The van der Waals surface area contributed by atoms with Crippen LogP contribution in [0.2, 0.25) is 0 Å². The summed E-state index contributed by atoms with van der Waals surface area (Å²) in [6.07, 6.45) is 2.76. The molecule has 0 atom stereocenters. The number of carbonyl (C=O) groups is 1. The third-order valence-corrected chi connectivity index (χ3v) is 2.38. The number of hydrogen-bond acceptors (Lipinski definition) is 2. The summed E-state index contributed by atoms with van der Waals surface area (Å²) in [7, 11) is 1.91. The predicted molar refractivity (Wildman–Crippen MR) is 64.2 cm³/mol. The number of carboxylic acids is 1. The van der Waals surface area contributed by atoms with Gasteiger partial charge in [0.1, 0.15) is 0 Å². The maximum absolute atomic E-state index is 10.3. The first-order valence-electron chi connectivity index (χ1n) is 4.46. The molecule has 0 aliphatic rings. The van der Waals surface area contributed by atoms with E-state index in [1.807, 2.05) is 36.2 Å². The van der Waals surface area contributed by atoms with Crippen molar-refractivity contribution < 1.29 is 9.90 Å². The molecule has 1 rings (SSSR count). The van der Waals surface area contributed by atoms with E-state index in [1.54, 1.807) is 6.08 Å². The van der Waals surface area contributed by atoms with E-state index in [9.17, 15) is 4.79 Å². The Morgan fingerprint density at radius 2 is 2.33 bits per heavy atom. The maximum Gasteiger partial charge on any atom is 0.328 e. The van der Waals surface area contributed by atoms with Crippen LogP contribution in [0.4, 0.5) is 5.69 Å². The monoisotopic (exact) mass is 269 g/mol. The SMILES string of the molecule is CN(C/C=C/C(=O)O)c1cccc(Br)c1. The van der Waals surface area contributed by atoms with Gasteiger partial charge in [-0.1, -0.05) is 28.1 Å². The number of rotatable bonds is 4. The number of halogens is 1. The molecule has 0 saturated heterocycles. The lowest BCUT2D eigenvalue weighted by molar-refractivity contribution is -0.131. The molecule has 0 amide bonds. The van der Waals surface area contributed by atoms with Crippen LogP contribution in [0, 0.1) is 0 Å². The highest BCUT2D eigenvalue weighted by Crippen LogP contribution is 2.18. The molecule has 0 heterocycles. The summed E-state index contributed by atoms with van der Waals surface area (Å²) in [4.78, 5) is 12.2. The average Bonchev–Trinajstić information content (AvgIpc) is 2.17. The molecule has 0 radical (unpaired) electrons. The van der Waals surface area contributed by atoms with Crippen LogP contribution in [0.5, 0.6) is 0 Å². The summed E-state index contributed by atoms with van der Waals surface area (Å²) in [6.45, 7) is 0.572. The van der Waals surface area contributed by atoms with Crippen molar-refractivity contribution in [1.82, 2.24) is 0 Å². The molecule has 0 bridgehead atoms. The van der Waals surface area contributed by atoms with Crippen molar-refractivity contribution in [2.24, 2.45) is 0 Å². The lowest BCUT2D eigenvalue weighted by atomic mass is 10.3. The first kappa shape index (κ1) is 11.8. The molecule has 0 fully saturated rings. The smallest absolute Gasteiger partial charge is 0.328 e. The van der Waals surface area contributed by atoms with Crippen LogP contribution in [-0.2, 0) is 4.79 Å². The first-order chi connectivity index (χ1) is 7.09. The number of likely N-dealkylation sites (N-methyl/N-ethyl adjacent to an activating group) is 1. The zero-order valence-corrected chi connectivity index (χ0v) is 9.94. The molecule has 0 aliphatic heterocycles.